The van der Waals surface area contributed by atoms with E-state index in [9.17, 15) is 0 Å². The lowest BCUT2D eigenvalue weighted by molar-refractivity contribution is 0.302. The highest BCUT2D eigenvalue weighted by molar-refractivity contribution is 5.31. The predicted octanol–water partition coefficient (Wildman–Crippen LogP) is 5.75. The van der Waals surface area contributed by atoms with Crippen LogP contribution in [0.4, 0.5) is 0 Å². The number of ether oxygens (including phenoxy) is 1. The van der Waals surface area contributed by atoms with Crippen molar-refractivity contribution in [2.45, 2.75) is 46.5 Å². The molecule has 0 bridgehead atoms. The van der Waals surface area contributed by atoms with Crippen LogP contribution in [0.15, 0.2) is 72.1 Å². The maximum Gasteiger partial charge on any atom is 0.126 e. The van der Waals surface area contributed by atoms with Crippen LogP contribution in [-0.2, 0) is 6.42 Å². The van der Waals surface area contributed by atoms with Gasteiger partial charge in [-0.2, -0.15) is 0 Å². The van der Waals surface area contributed by atoms with Crippen LogP contribution < -0.4 is 4.74 Å². The van der Waals surface area contributed by atoms with E-state index in [1.807, 2.05) is 37.3 Å². The predicted molar refractivity (Wildman–Crippen MR) is 103 cm³/mol. The Kier molecular flexibility index (Phi) is 10.3. The standard InChI is InChI=1S/C22H30O2/c1-4-8-19(3)10-7-17-24-22-14-12-21(13-15-22)18-20(9-5-2)11-6-16-23/h4,7-8,10-15,17,23H,5-6,9,16,18H2,1-3H3/b8-4-,17-7+,19-10-,20-11+. The SMILES string of the molecule is C\C=C/C(C)=C\C=C\Oc1ccc(C/C(=C/CCO)CCC)cc1. The first-order chi connectivity index (χ1) is 11.7. The minimum absolute atomic E-state index is 0.217. The van der Waals surface area contributed by atoms with Gasteiger partial charge >= 0.3 is 0 Å². The summed E-state index contributed by atoms with van der Waals surface area (Å²) in [6, 6.07) is 8.20. The summed E-state index contributed by atoms with van der Waals surface area (Å²) in [7, 11) is 0. The molecule has 0 spiro atoms. The van der Waals surface area contributed by atoms with Crippen molar-refractivity contribution in [3.05, 3.63) is 77.6 Å². The van der Waals surface area contributed by atoms with Crippen molar-refractivity contribution in [2.75, 3.05) is 6.61 Å². The van der Waals surface area contributed by atoms with Gasteiger partial charge in [0.25, 0.3) is 0 Å². The smallest absolute Gasteiger partial charge is 0.126 e. The lowest BCUT2D eigenvalue weighted by Gasteiger charge is -2.08. The lowest BCUT2D eigenvalue weighted by Crippen LogP contribution is -1.93. The van der Waals surface area contributed by atoms with E-state index in [1.54, 1.807) is 6.26 Å². The number of allylic oxidation sites excluding steroid dienone is 6. The summed E-state index contributed by atoms with van der Waals surface area (Å²) in [6.45, 7) is 6.46. The van der Waals surface area contributed by atoms with Crippen LogP contribution in [0, 0.1) is 0 Å². The Hall–Kier alpha value is -2.06. The van der Waals surface area contributed by atoms with Crippen LogP contribution in [0.2, 0.25) is 0 Å². The second kappa shape index (κ2) is 12.4. The molecule has 0 fully saturated rings. The average Bonchev–Trinajstić information content (AvgIpc) is 2.58. The van der Waals surface area contributed by atoms with Gasteiger partial charge < -0.3 is 9.84 Å². The van der Waals surface area contributed by atoms with Gasteiger partial charge in [-0.1, -0.05) is 60.9 Å². The fraction of sp³-hybridized carbons (Fsp3) is 0.364. The molecule has 1 N–H and O–H groups in total. The van der Waals surface area contributed by atoms with Crippen molar-refractivity contribution < 1.29 is 9.84 Å². The molecule has 2 heteroatoms. The third-order valence-corrected chi connectivity index (χ3v) is 3.56. The Morgan fingerprint density at radius 1 is 1.21 bits per heavy atom. The molecule has 1 aromatic carbocycles. The number of rotatable bonds is 10. The molecule has 0 aliphatic heterocycles. The minimum Gasteiger partial charge on any atom is -0.465 e. The molecule has 0 saturated carbocycles. The molecule has 0 aromatic heterocycles. The van der Waals surface area contributed by atoms with E-state index < -0.39 is 0 Å². The van der Waals surface area contributed by atoms with Crippen molar-refractivity contribution in [1.29, 1.82) is 0 Å². The highest BCUT2D eigenvalue weighted by Crippen LogP contribution is 2.18. The molecule has 0 atom stereocenters. The lowest BCUT2D eigenvalue weighted by atomic mass is 10.0. The first-order valence-electron chi connectivity index (χ1n) is 8.70. The van der Waals surface area contributed by atoms with Gasteiger partial charge in [-0.25, -0.2) is 0 Å². The van der Waals surface area contributed by atoms with Crippen LogP contribution in [0.5, 0.6) is 5.75 Å². The van der Waals surface area contributed by atoms with Gasteiger partial charge in [0, 0.05) is 6.61 Å². The summed E-state index contributed by atoms with van der Waals surface area (Å²) in [4.78, 5) is 0. The first kappa shape index (κ1) is 20.0. The van der Waals surface area contributed by atoms with Crippen LogP contribution in [0.25, 0.3) is 0 Å². The minimum atomic E-state index is 0.217. The molecule has 2 nitrogen and oxygen atoms in total. The zero-order valence-corrected chi connectivity index (χ0v) is 15.2. The molecule has 1 aromatic rings. The second-order valence-corrected chi connectivity index (χ2v) is 5.80. The maximum absolute atomic E-state index is 8.98. The highest BCUT2D eigenvalue weighted by atomic mass is 16.5. The van der Waals surface area contributed by atoms with Gasteiger partial charge in [-0.15, -0.1) is 0 Å². The largest absolute Gasteiger partial charge is 0.465 e. The van der Waals surface area contributed by atoms with Crippen molar-refractivity contribution in [1.82, 2.24) is 0 Å². The van der Waals surface area contributed by atoms with E-state index in [0.717, 1.165) is 31.4 Å². The highest BCUT2D eigenvalue weighted by Gasteiger charge is 2.00. The Morgan fingerprint density at radius 3 is 2.58 bits per heavy atom. The number of aliphatic hydroxyl groups excluding tert-OH is 1. The quantitative estimate of drug-likeness (QED) is 0.337. The van der Waals surface area contributed by atoms with Crippen molar-refractivity contribution in [3.8, 4) is 5.75 Å². The fourth-order valence-corrected chi connectivity index (χ4v) is 2.43. The van der Waals surface area contributed by atoms with Crippen molar-refractivity contribution in [3.63, 3.8) is 0 Å². The molecule has 0 radical (unpaired) electrons. The van der Waals surface area contributed by atoms with E-state index in [2.05, 4.69) is 38.1 Å². The van der Waals surface area contributed by atoms with E-state index in [4.69, 9.17) is 9.84 Å². The maximum atomic E-state index is 8.98. The fourth-order valence-electron chi connectivity index (χ4n) is 2.43. The Labute approximate surface area is 146 Å². The molecule has 0 heterocycles. The van der Waals surface area contributed by atoms with E-state index >= 15 is 0 Å². The third-order valence-electron chi connectivity index (χ3n) is 3.56. The topological polar surface area (TPSA) is 29.5 Å². The van der Waals surface area contributed by atoms with Crippen LogP contribution in [0.1, 0.15) is 45.6 Å². The molecule has 0 unspecified atom stereocenters. The van der Waals surface area contributed by atoms with Gasteiger partial charge in [0.2, 0.25) is 0 Å². The summed E-state index contributed by atoms with van der Waals surface area (Å²) >= 11 is 0. The zero-order chi connectivity index (χ0) is 17.6. The summed E-state index contributed by atoms with van der Waals surface area (Å²) in [6.07, 6.45) is 15.7. The Bertz CT molecular complexity index is 574. The van der Waals surface area contributed by atoms with Crippen molar-refractivity contribution in [2.24, 2.45) is 0 Å². The number of benzene rings is 1. The summed E-state index contributed by atoms with van der Waals surface area (Å²) in [5.74, 6) is 0.837. The molecule has 0 amide bonds. The summed E-state index contributed by atoms with van der Waals surface area (Å²) in [5, 5.41) is 8.98. The summed E-state index contributed by atoms with van der Waals surface area (Å²) in [5.41, 5.74) is 3.85. The van der Waals surface area contributed by atoms with E-state index in [-0.39, 0.29) is 6.61 Å². The third kappa shape index (κ3) is 8.54. The number of aliphatic hydroxyl groups is 1. The van der Waals surface area contributed by atoms with Gasteiger partial charge in [0.05, 0.1) is 6.26 Å². The molecular weight excluding hydrogens is 296 g/mol. The van der Waals surface area contributed by atoms with Crippen LogP contribution in [-0.4, -0.2) is 11.7 Å². The molecular formula is C22H30O2. The number of hydrogen-bond acceptors (Lipinski definition) is 2. The summed E-state index contributed by atoms with van der Waals surface area (Å²) < 4.78 is 5.61. The first-order valence-corrected chi connectivity index (χ1v) is 8.70. The van der Waals surface area contributed by atoms with Gasteiger partial charge in [-0.3, -0.25) is 0 Å². The van der Waals surface area contributed by atoms with E-state index in [1.165, 1.54) is 16.7 Å². The van der Waals surface area contributed by atoms with Gasteiger partial charge in [0.15, 0.2) is 0 Å². The molecule has 1 rings (SSSR count). The van der Waals surface area contributed by atoms with Crippen LogP contribution in [0.3, 0.4) is 0 Å². The zero-order valence-electron chi connectivity index (χ0n) is 15.2. The normalized spacial score (nSPS) is 13.2. The molecule has 130 valence electrons. The average molecular weight is 326 g/mol. The van der Waals surface area contributed by atoms with E-state index in [0.29, 0.717) is 0 Å². The Balaban J connectivity index is 2.59. The Morgan fingerprint density at radius 2 is 1.96 bits per heavy atom. The molecule has 0 aliphatic rings. The molecule has 0 aliphatic carbocycles. The van der Waals surface area contributed by atoms with Crippen LogP contribution >= 0.6 is 0 Å². The molecule has 24 heavy (non-hydrogen) atoms. The monoisotopic (exact) mass is 326 g/mol. The van der Waals surface area contributed by atoms with Gasteiger partial charge in [-0.05, 0) is 56.9 Å². The second-order valence-electron chi connectivity index (χ2n) is 5.80. The molecule has 0 saturated heterocycles. The number of hydrogen-bond donors (Lipinski definition) is 1. The van der Waals surface area contributed by atoms with Gasteiger partial charge in [0.1, 0.15) is 5.75 Å². The van der Waals surface area contributed by atoms with Crippen molar-refractivity contribution >= 4 is 0 Å².